The van der Waals surface area contributed by atoms with Crippen molar-refractivity contribution in [2.45, 2.75) is 63.7 Å². The van der Waals surface area contributed by atoms with Crippen molar-refractivity contribution in [3.05, 3.63) is 0 Å². The molecule has 4 nitrogen and oxygen atoms in total. The molecule has 1 aliphatic carbocycles. The van der Waals surface area contributed by atoms with Crippen LogP contribution in [0.2, 0.25) is 0 Å². The Morgan fingerprint density at radius 1 is 1.39 bits per heavy atom. The number of carbonyl (C=O) groups excluding carboxylic acids is 1. The summed E-state index contributed by atoms with van der Waals surface area (Å²) in [5.41, 5.74) is -0.225. The average molecular weight is 253 g/mol. The maximum atomic E-state index is 12.7. The fourth-order valence-electron chi connectivity index (χ4n) is 3.09. The highest BCUT2D eigenvalue weighted by Crippen LogP contribution is 2.36. The predicted molar refractivity (Wildman–Crippen MR) is 73.3 cm³/mol. The summed E-state index contributed by atoms with van der Waals surface area (Å²) in [6.07, 6.45) is 4.53. The van der Waals surface area contributed by atoms with E-state index >= 15 is 0 Å². The maximum Gasteiger partial charge on any atom is 0.244 e. The van der Waals surface area contributed by atoms with Crippen molar-refractivity contribution < 1.29 is 4.79 Å². The molecule has 0 aromatic carbocycles. The van der Waals surface area contributed by atoms with Crippen molar-refractivity contribution in [3.63, 3.8) is 0 Å². The molecule has 1 N–H and O–H groups in total. The number of hydrogen-bond acceptors (Lipinski definition) is 3. The van der Waals surface area contributed by atoms with Crippen LogP contribution in [0.4, 0.5) is 0 Å². The Hall–Kier alpha value is -0.610. The van der Waals surface area contributed by atoms with Crippen LogP contribution in [0.5, 0.6) is 0 Å². The third kappa shape index (κ3) is 2.16. The first-order valence-corrected chi connectivity index (χ1v) is 7.05. The van der Waals surface area contributed by atoms with Gasteiger partial charge in [-0.1, -0.05) is 12.8 Å². The van der Waals surface area contributed by atoms with Crippen molar-refractivity contribution in [1.82, 2.24) is 15.1 Å². The lowest BCUT2D eigenvalue weighted by Gasteiger charge is -2.37. The standard InChI is InChI=1S/C14H27N3O/c1-11-15-14(8-6-7-9-14)12(18)17(11)10-13(2,3)16(4)5/h11,15H,6-10H2,1-5H3. The minimum Gasteiger partial charge on any atom is -0.324 e. The molecule has 0 bridgehead atoms. The fourth-order valence-corrected chi connectivity index (χ4v) is 3.09. The molecule has 104 valence electrons. The molecule has 0 radical (unpaired) electrons. The van der Waals surface area contributed by atoms with Crippen LogP contribution in [0.25, 0.3) is 0 Å². The molecular weight excluding hydrogens is 226 g/mol. The van der Waals surface area contributed by atoms with E-state index in [9.17, 15) is 4.79 Å². The maximum absolute atomic E-state index is 12.7. The van der Waals surface area contributed by atoms with E-state index in [4.69, 9.17) is 0 Å². The van der Waals surface area contributed by atoms with E-state index in [2.05, 4.69) is 45.1 Å². The molecular formula is C14H27N3O. The van der Waals surface area contributed by atoms with Gasteiger partial charge in [0.15, 0.2) is 0 Å². The van der Waals surface area contributed by atoms with Crippen molar-refractivity contribution >= 4 is 5.91 Å². The van der Waals surface area contributed by atoms with Gasteiger partial charge in [-0.25, -0.2) is 0 Å². The fraction of sp³-hybridized carbons (Fsp3) is 0.929. The Kier molecular flexibility index (Phi) is 3.45. The van der Waals surface area contributed by atoms with Gasteiger partial charge in [-0.15, -0.1) is 0 Å². The highest BCUT2D eigenvalue weighted by atomic mass is 16.2. The molecule has 18 heavy (non-hydrogen) atoms. The number of likely N-dealkylation sites (N-methyl/N-ethyl adjacent to an activating group) is 1. The quantitative estimate of drug-likeness (QED) is 0.826. The molecule has 1 atom stereocenters. The highest BCUT2D eigenvalue weighted by molar-refractivity contribution is 5.89. The number of nitrogens with zero attached hydrogens (tertiary/aromatic N) is 2. The zero-order chi connectivity index (χ0) is 13.6. The molecule has 0 aromatic rings. The number of amides is 1. The van der Waals surface area contributed by atoms with Gasteiger partial charge in [0.05, 0.1) is 11.7 Å². The molecule has 1 amide bonds. The summed E-state index contributed by atoms with van der Waals surface area (Å²) in [7, 11) is 4.15. The van der Waals surface area contributed by atoms with Crippen LogP contribution in [0.1, 0.15) is 46.5 Å². The first-order chi connectivity index (χ1) is 8.28. The van der Waals surface area contributed by atoms with Gasteiger partial charge in [-0.2, -0.15) is 0 Å². The van der Waals surface area contributed by atoms with Crippen molar-refractivity contribution in [2.24, 2.45) is 0 Å². The van der Waals surface area contributed by atoms with Gasteiger partial charge in [0.2, 0.25) is 5.91 Å². The third-order valence-electron chi connectivity index (χ3n) is 4.85. The zero-order valence-electron chi connectivity index (χ0n) is 12.4. The normalized spacial score (nSPS) is 27.8. The van der Waals surface area contributed by atoms with E-state index < -0.39 is 0 Å². The smallest absolute Gasteiger partial charge is 0.244 e. The van der Waals surface area contributed by atoms with Crippen LogP contribution >= 0.6 is 0 Å². The zero-order valence-corrected chi connectivity index (χ0v) is 12.4. The summed E-state index contributed by atoms with van der Waals surface area (Å²) < 4.78 is 0. The van der Waals surface area contributed by atoms with Gasteiger partial charge in [-0.3, -0.25) is 10.1 Å². The molecule has 2 aliphatic rings. The van der Waals surface area contributed by atoms with Gasteiger partial charge in [-0.05, 0) is 47.7 Å². The first-order valence-electron chi connectivity index (χ1n) is 7.05. The van der Waals surface area contributed by atoms with Crippen LogP contribution in [0, 0.1) is 0 Å². The molecule has 1 saturated carbocycles. The van der Waals surface area contributed by atoms with Crippen LogP contribution in [-0.2, 0) is 4.79 Å². The summed E-state index contributed by atoms with van der Waals surface area (Å²) >= 11 is 0. The largest absolute Gasteiger partial charge is 0.324 e. The molecule has 1 unspecified atom stereocenters. The van der Waals surface area contributed by atoms with Crippen molar-refractivity contribution in [2.75, 3.05) is 20.6 Å². The Bertz CT molecular complexity index is 332. The predicted octanol–water partition coefficient (Wildman–Crippen LogP) is 1.42. The van der Waals surface area contributed by atoms with Crippen molar-refractivity contribution in [3.8, 4) is 0 Å². The number of hydrogen-bond donors (Lipinski definition) is 1. The van der Waals surface area contributed by atoms with Gasteiger partial charge >= 0.3 is 0 Å². The van der Waals surface area contributed by atoms with E-state index in [0.717, 1.165) is 19.4 Å². The Morgan fingerprint density at radius 3 is 2.44 bits per heavy atom. The number of rotatable bonds is 3. The lowest BCUT2D eigenvalue weighted by Crippen LogP contribution is -2.51. The van der Waals surface area contributed by atoms with E-state index in [1.54, 1.807) is 0 Å². The third-order valence-corrected chi connectivity index (χ3v) is 4.85. The first kappa shape index (κ1) is 13.8. The molecule has 1 spiro atoms. The topological polar surface area (TPSA) is 35.6 Å². The molecule has 1 aliphatic heterocycles. The number of carbonyl (C=O) groups is 1. The van der Waals surface area contributed by atoms with E-state index in [-0.39, 0.29) is 17.2 Å². The molecule has 2 fully saturated rings. The SMILES string of the molecule is CC1NC2(CCCC2)C(=O)N1CC(C)(C)N(C)C. The van der Waals surface area contributed by atoms with Crippen LogP contribution < -0.4 is 5.32 Å². The van der Waals surface area contributed by atoms with Gasteiger partial charge in [0, 0.05) is 12.1 Å². The second-order valence-electron chi connectivity index (χ2n) is 6.75. The van der Waals surface area contributed by atoms with E-state index in [1.807, 2.05) is 4.90 Å². The lowest BCUT2D eigenvalue weighted by molar-refractivity contribution is -0.134. The molecule has 2 rings (SSSR count). The summed E-state index contributed by atoms with van der Waals surface area (Å²) in [5.74, 6) is 0.322. The van der Waals surface area contributed by atoms with Crippen LogP contribution in [0.15, 0.2) is 0 Å². The average Bonchev–Trinajstić information content (AvgIpc) is 2.81. The summed E-state index contributed by atoms with van der Waals surface area (Å²) in [6, 6.07) is 0. The Morgan fingerprint density at radius 2 is 1.94 bits per heavy atom. The lowest BCUT2D eigenvalue weighted by atomic mass is 9.97. The van der Waals surface area contributed by atoms with Crippen LogP contribution in [-0.4, -0.2) is 53.6 Å². The van der Waals surface area contributed by atoms with Crippen LogP contribution in [0.3, 0.4) is 0 Å². The van der Waals surface area contributed by atoms with Gasteiger partial charge in [0.1, 0.15) is 0 Å². The summed E-state index contributed by atoms with van der Waals surface area (Å²) in [5, 5.41) is 3.55. The number of nitrogens with one attached hydrogen (secondary N) is 1. The summed E-state index contributed by atoms with van der Waals surface area (Å²) in [4.78, 5) is 16.9. The van der Waals surface area contributed by atoms with E-state index in [1.165, 1.54) is 12.8 Å². The monoisotopic (exact) mass is 253 g/mol. The molecule has 1 saturated heterocycles. The summed E-state index contributed by atoms with van der Waals surface area (Å²) in [6.45, 7) is 7.27. The molecule has 4 heteroatoms. The second kappa shape index (κ2) is 4.49. The Balaban J connectivity index is 2.12. The minimum atomic E-state index is -0.234. The van der Waals surface area contributed by atoms with Gasteiger partial charge < -0.3 is 9.80 Å². The molecule has 1 heterocycles. The molecule has 0 aromatic heterocycles. The highest BCUT2D eigenvalue weighted by Gasteiger charge is 2.51. The van der Waals surface area contributed by atoms with E-state index in [0.29, 0.717) is 5.91 Å². The van der Waals surface area contributed by atoms with Crippen molar-refractivity contribution in [1.29, 1.82) is 0 Å². The minimum absolute atomic E-state index is 0.00966. The second-order valence-corrected chi connectivity index (χ2v) is 6.75. The van der Waals surface area contributed by atoms with Gasteiger partial charge in [0.25, 0.3) is 0 Å². The Labute approximate surface area is 111 Å².